The largest absolute Gasteiger partial charge is 0.493 e. The molecule has 0 radical (unpaired) electrons. The van der Waals surface area contributed by atoms with Crippen LogP contribution in [-0.2, 0) is 9.53 Å². The Morgan fingerprint density at radius 2 is 1.88 bits per heavy atom. The van der Waals surface area contributed by atoms with Crippen LogP contribution >= 0.6 is 11.3 Å². The maximum absolute atomic E-state index is 14.1. The molecule has 0 N–H and O–H groups in total. The van der Waals surface area contributed by atoms with Crippen molar-refractivity contribution >= 4 is 34.8 Å². The van der Waals surface area contributed by atoms with Crippen molar-refractivity contribution in [3.05, 3.63) is 88.6 Å². The minimum Gasteiger partial charge on any atom is -0.493 e. The molecule has 11 nitrogen and oxygen atoms in total. The number of hydrogen-bond donors (Lipinski definition) is 0. The number of fused-ring (bicyclic) bond motifs is 1. The fourth-order valence-corrected chi connectivity index (χ4v) is 6.33. The Balaban J connectivity index is 1.74. The summed E-state index contributed by atoms with van der Waals surface area (Å²) in [6.07, 6.45) is 3.74. The van der Waals surface area contributed by atoms with E-state index in [1.807, 2.05) is 0 Å². The minimum absolute atomic E-state index is 0.0596. The molecule has 1 atom stereocenters. The standard InChI is InChI=1S/C29H30N4O7S/c1-5-40-28(35)25-17(2)30-29-32(26(25)18-8-11-22(38-3)23(15-18)39-4)27(34)24(41-29)16-19-14-20(33(36)37)9-10-21(19)31-12-6-7-13-31/h8-11,14-16,26H,5-7,12-13H2,1-4H3/b24-16+/t26-/m1/s1. The Hall–Kier alpha value is -4.45. The van der Waals surface area contributed by atoms with Gasteiger partial charge in [0, 0.05) is 36.5 Å². The maximum atomic E-state index is 14.1. The van der Waals surface area contributed by atoms with Crippen LogP contribution in [0.15, 0.2) is 57.5 Å². The van der Waals surface area contributed by atoms with Crippen molar-refractivity contribution in [2.75, 3.05) is 38.8 Å². The third-order valence-electron chi connectivity index (χ3n) is 7.20. The van der Waals surface area contributed by atoms with E-state index in [-0.39, 0.29) is 23.4 Å². The smallest absolute Gasteiger partial charge is 0.338 e. The monoisotopic (exact) mass is 578 g/mol. The second-order valence-electron chi connectivity index (χ2n) is 9.61. The van der Waals surface area contributed by atoms with E-state index < -0.39 is 16.9 Å². The number of aromatic nitrogens is 1. The van der Waals surface area contributed by atoms with Gasteiger partial charge < -0.3 is 19.1 Å². The fourth-order valence-electron chi connectivity index (χ4n) is 5.29. The molecule has 0 bridgehead atoms. The molecule has 2 aliphatic heterocycles. The second-order valence-corrected chi connectivity index (χ2v) is 10.6. The summed E-state index contributed by atoms with van der Waals surface area (Å²) in [5.41, 5.74) is 2.27. The van der Waals surface area contributed by atoms with Crippen LogP contribution in [-0.4, -0.2) is 49.4 Å². The average molecular weight is 579 g/mol. The molecule has 41 heavy (non-hydrogen) atoms. The van der Waals surface area contributed by atoms with E-state index in [9.17, 15) is 19.7 Å². The number of nitrogens with zero attached hydrogens (tertiary/aromatic N) is 4. The molecule has 5 rings (SSSR count). The van der Waals surface area contributed by atoms with Crippen LogP contribution in [0.1, 0.15) is 43.9 Å². The number of allylic oxidation sites excluding steroid dienone is 1. The number of nitro benzene ring substituents is 1. The van der Waals surface area contributed by atoms with Crippen LogP contribution in [0.4, 0.5) is 11.4 Å². The van der Waals surface area contributed by atoms with Gasteiger partial charge in [-0.2, -0.15) is 0 Å². The lowest BCUT2D eigenvalue weighted by Crippen LogP contribution is -2.40. The van der Waals surface area contributed by atoms with Gasteiger partial charge in [-0.15, -0.1) is 0 Å². The molecule has 3 aromatic rings. The minimum atomic E-state index is -0.838. The van der Waals surface area contributed by atoms with E-state index in [0.717, 1.165) is 31.6 Å². The fraction of sp³-hybridized carbons (Fsp3) is 0.345. The van der Waals surface area contributed by atoms with Gasteiger partial charge in [0.2, 0.25) is 0 Å². The molecule has 0 spiro atoms. The van der Waals surface area contributed by atoms with Gasteiger partial charge in [-0.25, -0.2) is 9.79 Å². The van der Waals surface area contributed by atoms with Gasteiger partial charge in [-0.3, -0.25) is 19.5 Å². The number of anilines is 1. The van der Waals surface area contributed by atoms with Gasteiger partial charge in [-0.1, -0.05) is 17.4 Å². The normalized spacial score (nSPS) is 16.8. The molecule has 0 saturated carbocycles. The molecule has 214 valence electrons. The summed E-state index contributed by atoms with van der Waals surface area (Å²) in [7, 11) is 3.04. The maximum Gasteiger partial charge on any atom is 0.338 e. The van der Waals surface area contributed by atoms with E-state index in [1.165, 1.54) is 42.3 Å². The number of ether oxygens (including phenoxy) is 3. The molecule has 1 aromatic heterocycles. The number of nitro groups is 1. The Kier molecular flexibility index (Phi) is 7.93. The van der Waals surface area contributed by atoms with Crippen LogP contribution in [0.5, 0.6) is 11.5 Å². The Labute approximate surface area is 239 Å². The summed E-state index contributed by atoms with van der Waals surface area (Å²) < 4.78 is 18.1. The predicted octanol–water partition coefficient (Wildman–Crippen LogP) is 3.32. The lowest BCUT2D eigenvalue weighted by Gasteiger charge is -2.25. The van der Waals surface area contributed by atoms with Crippen LogP contribution in [0, 0.1) is 10.1 Å². The summed E-state index contributed by atoms with van der Waals surface area (Å²) >= 11 is 1.17. The molecule has 3 heterocycles. The van der Waals surface area contributed by atoms with Gasteiger partial charge in [0.15, 0.2) is 16.3 Å². The number of carbonyl (C=O) groups is 1. The lowest BCUT2D eigenvalue weighted by molar-refractivity contribution is -0.384. The first-order valence-corrected chi connectivity index (χ1v) is 14.0. The van der Waals surface area contributed by atoms with E-state index in [4.69, 9.17) is 14.2 Å². The van der Waals surface area contributed by atoms with Crippen LogP contribution in [0.2, 0.25) is 0 Å². The van der Waals surface area contributed by atoms with E-state index in [2.05, 4.69) is 9.89 Å². The lowest BCUT2D eigenvalue weighted by atomic mass is 9.95. The first kappa shape index (κ1) is 28.1. The van der Waals surface area contributed by atoms with Gasteiger partial charge in [0.1, 0.15) is 0 Å². The van der Waals surface area contributed by atoms with Crippen molar-refractivity contribution in [1.82, 2.24) is 4.57 Å². The van der Waals surface area contributed by atoms with Gasteiger partial charge in [0.05, 0.1) is 47.6 Å². The number of benzene rings is 2. The summed E-state index contributed by atoms with van der Waals surface area (Å²) in [4.78, 5) is 45.6. The van der Waals surface area contributed by atoms with Gasteiger partial charge in [0.25, 0.3) is 11.2 Å². The molecular formula is C29H30N4O7S. The molecule has 2 aromatic carbocycles. The number of carbonyl (C=O) groups excluding carboxylic acids is 1. The summed E-state index contributed by atoms with van der Waals surface area (Å²) in [5, 5.41) is 11.6. The van der Waals surface area contributed by atoms with Crippen LogP contribution in [0.3, 0.4) is 0 Å². The third kappa shape index (κ3) is 5.22. The highest BCUT2D eigenvalue weighted by atomic mass is 32.1. The molecular weight excluding hydrogens is 548 g/mol. The van der Waals surface area contributed by atoms with Crippen molar-refractivity contribution in [1.29, 1.82) is 0 Å². The summed E-state index contributed by atoms with van der Waals surface area (Å²) in [5.74, 6) is 0.372. The highest BCUT2D eigenvalue weighted by molar-refractivity contribution is 7.07. The summed E-state index contributed by atoms with van der Waals surface area (Å²) in [6, 6.07) is 9.09. The molecule has 1 saturated heterocycles. The highest BCUT2D eigenvalue weighted by Gasteiger charge is 2.34. The zero-order valence-corrected chi connectivity index (χ0v) is 24.0. The van der Waals surface area contributed by atoms with Crippen molar-refractivity contribution in [3.8, 4) is 11.5 Å². The van der Waals surface area contributed by atoms with Crippen LogP contribution in [0.25, 0.3) is 6.08 Å². The summed E-state index contributed by atoms with van der Waals surface area (Å²) in [6.45, 7) is 5.25. The third-order valence-corrected chi connectivity index (χ3v) is 8.18. The van der Waals surface area contributed by atoms with Crippen molar-refractivity contribution in [2.24, 2.45) is 4.99 Å². The zero-order valence-electron chi connectivity index (χ0n) is 23.2. The Morgan fingerprint density at radius 1 is 1.15 bits per heavy atom. The molecule has 0 amide bonds. The predicted molar refractivity (Wildman–Crippen MR) is 154 cm³/mol. The van der Waals surface area contributed by atoms with Crippen molar-refractivity contribution < 1.29 is 23.9 Å². The highest BCUT2D eigenvalue weighted by Crippen LogP contribution is 2.36. The SMILES string of the molecule is CCOC(=O)C1=C(C)N=c2s/c(=C/c3cc([N+](=O)[O-])ccc3N3CCCC3)c(=O)n2[C@@H]1c1ccc(OC)c(OC)c1. The first-order chi connectivity index (χ1) is 19.8. The second kappa shape index (κ2) is 11.6. The molecule has 0 unspecified atom stereocenters. The Bertz CT molecular complexity index is 1730. The number of hydrogen-bond acceptors (Lipinski definition) is 10. The number of thiazole rings is 1. The number of non-ortho nitro benzene ring substituents is 1. The van der Waals surface area contributed by atoms with Gasteiger partial charge in [-0.05, 0) is 56.5 Å². The molecule has 0 aliphatic carbocycles. The van der Waals surface area contributed by atoms with Gasteiger partial charge >= 0.3 is 5.97 Å². The topological polar surface area (TPSA) is 126 Å². The number of esters is 1. The molecule has 12 heteroatoms. The molecule has 1 fully saturated rings. The van der Waals surface area contributed by atoms with Crippen molar-refractivity contribution in [2.45, 2.75) is 32.7 Å². The van der Waals surface area contributed by atoms with E-state index >= 15 is 0 Å². The number of rotatable bonds is 8. The van der Waals surface area contributed by atoms with Crippen molar-refractivity contribution in [3.63, 3.8) is 0 Å². The average Bonchev–Trinajstić information content (AvgIpc) is 3.60. The van der Waals surface area contributed by atoms with E-state index in [0.29, 0.717) is 37.7 Å². The quantitative estimate of drug-likeness (QED) is 0.226. The molecule has 2 aliphatic rings. The van der Waals surface area contributed by atoms with E-state index in [1.54, 1.807) is 44.2 Å². The Morgan fingerprint density at radius 3 is 2.54 bits per heavy atom. The zero-order chi connectivity index (χ0) is 29.3. The number of methoxy groups -OCH3 is 2. The first-order valence-electron chi connectivity index (χ1n) is 13.2. The van der Waals surface area contributed by atoms with Crippen LogP contribution < -0.4 is 29.3 Å².